The van der Waals surface area contributed by atoms with Gasteiger partial charge >= 0.3 is 0 Å². The van der Waals surface area contributed by atoms with E-state index < -0.39 is 0 Å². The van der Waals surface area contributed by atoms with Crippen LogP contribution in [-0.2, 0) is 0 Å². The monoisotopic (exact) mass is 309 g/mol. The third-order valence-corrected chi connectivity index (χ3v) is 4.29. The average molecular weight is 310 g/mol. The summed E-state index contributed by atoms with van der Waals surface area (Å²) in [4.78, 5) is 9.92. The average Bonchev–Trinajstić information content (AvgIpc) is 2.84. The van der Waals surface area contributed by atoms with E-state index in [0.29, 0.717) is 15.9 Å². The number of nitrogens with one attached hydrogen (secondary N) is 1. The van der Waals surface area contributed by atoms with Crippen LogP contribution in [0.15, 0.2) is 29.6 Å². The zero-order valence-electron chi connectivity index (χ0n) is 9.95. The maximum Gasteiger partial charge on any atom is 0.173 e. The minimum atomic E-state index is 0.624. The highest BCUT2D eigenvalue weighted by Crippen LogP contribution is 2.33. The third-order valence-electron chi connectivity index (χ3n) is 2.71. The molecule has 0 bridgehead atoms. The molecule has 0 saturated heterocycles. The molecule has 0 fully saturated rings. The molecule has 2 aromatic heterocycles. The van der Waals surface area contributed by atoms with Gasteiger partial charge in [0.2, 0.25) is 0 Å². The van der Waals surface area contributed by atoms with Gasteiger partial charge in [-0.25, -0.2) is 9.97 Å². The van der Waals surface area contributed by atoms with Crippen molar-refractivity contribution in [2.24, 2.45) is 0 Å². The molecule has 96 valence electrons. The normalized spacial score (nSPS) is 10.9. The van der Waals surface area contributed by atoms with Crippen molar-refractivity contribution >= 4 is 51.3 Å². The first-order valence-corrected chi connectivity index (χ1v) is 7.21. The molecule has 6 heteroatoms. The van der Waals surface area contributed by atoms with Gasteiger partial charge in [0.15, 0.2) is 5.82 Å². The fourth-order valence-corrected chi connectivity index (χ4v) is 3.09. The molecule has 19 heavy (non-hydrogen) atoms. The molecule has 0 saturated carbocycles. The summed E-state index contributed by atoms with van der Waals surface area (Å²) in [5, 5.41) is 7.22. The molecule has 0 aliphatic carbocycles. The molecule has 0 amide bonds. The molecule has 0 atom stereocenters. The Balaban J connectivity index is 2.29. The largest absolute Gasteiger partial charge is 0.373 e. The second-order valence-corrected chi connectivity index (χ2v) is 5.66. The summed E-state index contributed by atoms with van der Waals surface area (Å²) in [5.41, 5.74) is 0.836. The summed E-state index contributed by atoms with van der Waals surface area (Å²) in [6.07, 6.45) is 0. The molecule has 3 rings (SSSR count). The van der Waals surface area contributed by atoms with Crippen LogP contribution in [0, 0.1) is 0 Å². The molecule has 0 aliphatic rings. The van der Waals surface area contributed by atoms with E-state index in [1.54, 1.807) is 0 Å². The summed E-state index contributed by atoms with van der Waals surface area (Å²) < 4.78 is 0. The quantitative estimate of drug-likeness (QED) is 0.745. The van der Waals surface area contributed by atoms with Crippen molar-refractivity contribution in [1.29, 1.82) is 0 Å². The molecule has 3 nitrogen and oxygen atoms in total. The molecule has 0 radical (unpaired) electrons. The molecule has 3 aromatic rings. The molecule has 0 aliphatic heterocycles. The highest BCUT2D eigenvalue weighted by atomic mass is 35.5. The van der Waals surface area contributed by atoms with E-state index >= 15 is 0 Å². The maximum absolute atomic E-state index is 6.14. The van der Waals surface area contributed by atoms with Crippen LogP contribution < -0.4 is 5.32 Å². The number of halogens is 2. The Kier molecular flexibility index (Phi) is 3.31. The van der Waals surface area contributed by atoms with Gasteiger partial charge in [-0.1, -0.05) is 23.2 Å². The van der Waals surface area contributed by atoms with Crippen molar-refractivity contribution < 1.29 is 0 Å². The van der Waals surface area contributed by atoms with Crippen LogP contribution in [0.1, 0.15) is 0 Å². The second-order valence-electron chi connectivity index (χ2n) is 3.90. The zero-order valence-corrected chi connectivity index (χ0v) is 12.3. The number of anilines is 1. The van der Waals surface area contributed by atoms with E-state index in [1.807, 2.05) is 36.7 Å². The van der Waals surface area contributed by atoms with Gasteiger partial charge in [0.25, 0.3) is 0 Å². The highest BCUT2D eigenvalue weighted by molar-refractivity contribution is 7.14. The number of hydrogen-bond donors (Lipinski definition) is 1. The lowest BCUT2D eigenvalue weighted by Gasteiger charge is -2.07. The number of aromatic nitrogens is 2. The lowest BCUT2D eigenvalue weighted by atomic mass is 10.2. The van der Waals surface area contributed by atoms with Crippen molar-refractivity contribution in [2.75, 3.05) is 12.4 Å². The number of nitrogens with zero attached hydrogens (tertiary/aromatic N) is 2. The Bertz CT molecular complexity index is 755. The minimum Gasteiger partial charge on any atom is -0.373 e. The van der Waals surface area contributed by atoms with E-state index in [9.17, 15) is 0 Å². The second kappa shape index (κ2) is 4.96. The predicted molar refractivity (Wildman–Crippen MR) is 82.4 cm³/mol. The first-order valence-electron chi connectivity index (χ1n) is 5.57. The fraction of sp³-hybridized carbons (Fsp3) is 0.0769. The van der Waals surface area contributed by atoms with Crippen molar-refractivity contribution in [2.45, 2.75) is 0 Å². The van der Waals surface area contributed by atoms with E-state index in [-0.39, 0.29) is 0 Å². The SMILES string of the molecule is CNc1nc(-c2sccc2Cl)nc2ccc(Cl)cc12. The minimum absolute atomic E-state index is 0.624. The summed E-state index contributed by atoms with van der Waals surface area (Å²) in [7, 11) is 1.82. The summed E-state index contributed by atoms with van der Waals surface area (Å²) in [6, 6.07) is 7.39. The maximum atomic E-state index is 6.14. The van der Waals surface area contributed by atoms with Crippen LogP contribution in [-0.4, -0.2) is 17.0 Å². The number of fused-ring (bicyclic) bond motifs is 1. The van der Waals surface area contributed by atoms with Crippen LogP contribution >= 0.6 is 34.5 Å². The van der Waals surface area contributed by atoms with Gasteiger partial charge in [-0.15, -0.1) is 11.3 Å². The van der Waals surface area contributed by atoms with Gasteiger partial charge in [-0.2, -0.15) is 0 Å². The van der Waals surface area contributed by atoms with Crippen LogP contribution in [0.2, 0.25) is 10.0 Å². The lowest BCUT2D eigenvalue weighted by molar-refractivity contribution is 1.22. The van der Waals surface area contributed by atoms with E-state index in [1.165, 1.54) is 11.3 Å². The Labute approximate surface area is 124 Å². The Morgan fingerprint density at radius 2 is 2.00 bits per heavy atom. The highest BCUT2D eigenvalue weighted by Gasteiger charge is 2.12. The lowest BCUT2D eigenvalue weighted by Crippen LogP contribution is -1.98. The van der Waals surface area contributed by atoms with Gasteiger partial charge in [0.05, 0.1) is 15.4 Å². The Morgan fingerprint density at radius 3 is 2.68 bits per heavy atom. The van der Waals surface area contributed by atoms with Gasteiger partial charge in [-0.05, 0) is 29.6 Å². The number of thiophene rings is 1. The van der Waals surface area contributed by atoms with Gasteiger partial charge in [0, 0.05) is 17.5 Å². The standard InChI is InChI=1S/C13H9Cl2N3S/c1-16-12-8-6-7(14)2-3-10(8)17-13(18-12)11-9(15)4-5-19-11/h2-6H,1H3,(H,16,17,18). The van der Waals surface area contributed by atoms with Crippen molar-refractivity contribution in [3.05, 3.63) is 39.7 Å². The van der Waals surface area contributed by atoms with Crippen molar-refractivity contribution in [3.63, 3.8) is 0 Å². The van der Waals surface area contributed by atoms with Crippen LogP contribution in [0.5, 0.6) is 0 Å². The summed E-state index contributed by atoms with van der Waals surface area (Å²) in [5.74, 6) is 1.37. The van der Waals surface area contributed by atoms with Crippen LogP contribution in [0.25, 0.3) is 21.6 Å². The van der Waals surface area contributed by atoms with Gasteiger partial charge in [-0.3, -0.25) is 0 Å². The van der Waals surface area contributed by atoms with Crippen LogP contribution in [0.4, 0.5) is 5.82 Å². The van der Waals surface area contributed by atoms with Crippen LogP contribution in [0.3, 0.4) is 0 Å². The summed E-state index contributed by atoms with van der Waals surface area (Å²) >= 11 is 13.7. The smallest absolute Gasteiger partial charge is 0.173 e. The van der Waals surface area contributed by atoms with Gasteiger partial charge < -0.3 is 5.32 Å². The Hall–Kier alpha value is -1.36. The first-order chi connectivity index (χ1) is 9.19. The number of hydrogen-bond acceptors (Lipinski definition) is 4. The molecule has 1 aromatic carbocycles. The number of rotatable bonds is 2. The fourth-order valence-electron chi connectivity index (χ4n) is 1.85. The van der Waals surface area contributed by atoms with Gasteiger partial charge in [0.1, 0.15) is 5.82 Å². The van der Waals surface area contributed by atoms with Crippen molar-refractivity contribution in [1.82, 2.24) is 9.97 Å². The van der Waals surface area contributed by atoms with Crippen molar-refractivity contribution in [3.8, 4) is 10.7 Å². The summed E-state index contributed by atoms with van der Waals surface area (Å²) in [6.45, 7) is 0. The Morgan fingerprint density at radius 1 is 1.16 bits per heavy atom. The van der Waals surface area contributed by atoms with E-state index in [2.05, 4.69) is 15.3 Å². The number of benzene rings is 1. The molecular weight excluding hydrogens is 301 g/mol. The molecule has 1 N–H and O–H groups in total. The zero-order chi connectivity index (χ0) is 13.4. The molecule has 2 heterocycles. The molecule has 0 unspecified atom stereocenters. The topological polar surface area (TPSA) is 37.8 Å². The predicted octanol–water partition coefficient (Wildman–Crippen LogP) is 4.71. The molecule has 0 spiro atoms. The molecular formula is C13H9Cl2N3S. The van der Waals surface area contributed by atoms with E-state index in [4.69, 9.17) is 23.2 Å². The third kappa shape index (κ3) is 2.27. The van der Waals surface area contributed by atoms with E-state index in [0.717, 1.165) is 21.6 Å². The first kappa shape index (κ1) is 12.7.